The van der Waals surface area contributed by atoms with Crippen molar-refractivity contribution >= 4 is 40.6 Å². The van der Waals surface area contributed by atoms with Crippen LogP contribution >= 0.6 is 0 Å². The van der Waals surface area contributed by atoms with E-state index in [0.717, 1.165) is 75.5 Å². The molecule has 5 nitrogen and oxygen atoms in total. The summed E-state index contributed by atoms with van der Waals surface area (Å²) in [7, 11) is 0. The lowest BCUT2D eigenvalue weighted by Gasteiger charge is -2.35. The van der Waals surface area contributed by atoms with Crippen LogP contribution in [0.1, 0.15) is 49.1 Å². The predicted molar refractivity (Wildman–Crippen MR) is 207 cm³/mol. The Morgan fingerprint density at radius 1 is 0.627 bits per heavy atom. The van der Waals surface area contributed by atoms with Crippen LogP contribution in [0.4, 0.5) is 28.4 Å². The molecule has 0 fully saturated rings. The number of fused-ring (bicyclic) bond motifs is 6. The summed E-state index contributed by atoms with van der Waals surface area (Å²) in [6, 6.07) is 42.7. The van der Waals surface area contributed by atoms with E-state index in [1.165, 1.54) is 28.0 Å². The van der Waals surface area contributed by atoms with Crippen molar-refractivity contribution in [3.05, 3.63) is 174 Å². The zero-order valence-corrected chi connectivity index (χ0v) is 28.5. The van der Waals surface area contributed by atoms with Gasteiger partial charge in [0.1, 0.15) is 5.76 Å². The number of nitrogens with zero attached hydrogens (tertiary/aromatic N) is 3. The number of hydrogen-bond acceptors (Lipinski definition) is 5. The van der Waals surface area contributed by atoms with Crippen molar-refractivity contribution in [2.75, 3.05) is 9.80 Å². The number of para-hydroxylation sites is 6. The first-order chi connectivity index (χ1) is 25.0. The number of rotatable bonds is 4. The zero-order chi connectivity index (χ0) is 34.1. The van der Waals surface area contributed by atoms with Gasteiger partial charge < -0.3 is 19.3 Å². The molecule has 5 heteroatoms. The third kappa shape index (κ3) is 4.73. The highest BCUT2D eigenvalue weighted by atomic mass is 16.5. The number of pyridine rings is 1. The van der Waals surface area contributed by atoms with Crippen molar-refractivity contribution in [2.45, 2.75) is 32.1 Å². The Bertz CT molecular complexity index is 2430. The molecule has 0 atom stereocenters. The van der Waals surface area contributed by atoms with Gasteiger partial charge in [0.25, 0.3) is 0 Å². The van der Waals surface area contributed by atoms with Crippen LogP contribution in [0.15, 0.2) is 151 Å². The molecule has 0 radical (unpaired) electrons. The number of benzene rings is 5. The largest absolute Gasteiger partial charge is 0.453 e. The van der Waals surface area contributed by atoms with Gasteiger partial charge in [-0.3, -0.25) is 4.98 Å². The zero-order valence-electron chi connectivity index (χ0n) is 28.5. The standard InChI is InChI=1S/C46H35N3O2/c1-46(2)36-27-30(19-21-31-22-23-33(29-47-31)49-40-13-5-9-17-44(40)51-45-18-10-6-14-41(45)49)20-25-34(36)35-26-24-32(28-37(35)46)48-38-11-3-7-15-42(38)50-43-16-8-4-12-39(43)48/h3-5,7-13,15-29H,6,14H2,1-2H3/b21-19+. The van der Waals surface area contributed by atoms with E-state index in [1.54, 1.807) is 0 Å². The first-order valence-electron chi connectivity index (χ1n) is 17.6. The summed E-state index contributed by atoms with van der Waals surface area (Å²) in [5, 5.41) is 0. The number of allylic oxidation sites excluding steroid dienone is 3. The van der Waals surface area contributed by atoms with E-state index < -0.39 is 0 Å². The summed E-state index contributed by atoms with van der Waals surface area (Å²) in [4.78, 5) is 9.49. The highest BCUT2D eigenvalue weighted by Gasteiger charge is 2.37. The Hall–Kier alpha value is -6.33. The summed E-state index contributed by atoms with van der Waals surface area (Å²) in [5.41, 5.74) is 13.6. The molecule has 6 aromatic rings. The van der Waals surface area contributed by atoms with Gasteiger partial charge in [0.05, 0.1) is 40.3 Å². The second-order valence-electron chi connectivity index (χ2n) is 14.0. The molecule has 3 heterocycles. The van der Waals surface area contributed by atoms with Crippen LogP contribution in [0, 0.1) is 0 Å². The first kappa shape index (κ1) is 29.6. The summed E-state index contributed by atoms with van der Waals surface area (Å²) in [5.74, 6) is 3.50. The van der Waals surface area contributed by atoms with Gasteiger partial charge >= 0.3 is 0 Å². The lowest BCUT2D eigenvalue weighted by molar-refractivity contribution is 0.421. The second kappa shape index (κ2) is 11.4. The average Bonchev–Trinajstić information content (AvgIpc) is 3.40. The van der Waals surface area contributed by atoms with Crippen LogP contribution in [-0.2, 0) is 5.41 Å². The number of anilines is 5. The molecule has 51 heavy (non-hydrogen) atoms. The van der Waals surface area contributed by atoms with Crippen LogP contribution in [0.5, 0.6) is 17.2 Å². The van der Waals surface area contributed by atoms with E-state index >= 15 is 0 Å². The van der Waals surface area contributed by atoms with Crippen LogP contribution in [0.2, 0.25) is 0 Å². The molecule has 1 aromatic heterocycles. The molecular formula is C46H35N3O2. The quantitative estimate of drug-likeness (QED) is 0.188. The third-order valence-electron chi connectivity index (χ3n) is 10.5. The molecule has 0 spiro atoms. The van der Waals surface area contributed by atoms with Crippen LogP contribution in [-0.4, -0.2) is 4.98 Å². The average molecular weight is 662 g/mol. The van der Waals surface area contributed by atoms with Crippen LogP contribution in [0.25, 0.3) is 23.3 Å². The Kier molecular flexibility index (Phi) is 6.59. The fraction of sp³-hybridized carbons (Fsp3) is 0.109. The molecule has 0 N–H and O–H groups in total. The fourth-order valence-corrected chi connectivity index (χ4v) is 8.01. The topological polar surface area (TPSA) is 37.8 Å². The van der Waals surface area contributed by atoms with E-state index in [9.17, 15) is 0 Å². The van der Waals surface area contributed by atoms with Crippen molar-refractivity contribution in [3.8, 4) is 28.4 Å². The third-order valence-corrected chi connectivity index (χ3v) is 10.5. The highest BCUT2D eigenvalue weighted by molar-refractivity contribution is 5.90. The molecule has 0 saturated heterocycles. The van der Waals surface area contributed by atoms with Gasteiger partial charge in [-0.1, -0.05) is 86.7 Å². The smallest absolute Gasteiger partial charge is 0.151 e. The monoisotopic (exact) mass is 661 g/mol. The summed E-state index contributed by atoms with van der Waals surface area (Å²) >= 11 is 0. The molecule has 2 aliphatic carbocycles. The van der Waals surface area contributed by atoms with Gasteiger partial charge in [-0.2, -0.15) is 0 Å². The van der Waals surface area contributed by atoms with Gasteiger partial charge in [0.15, 0.2) is 17.2 Å². The number of hydrogen-bond donors (Lipinski definition) is 0. The maximum atomic E-state index is 6.28. The number of ether oxygens (including phenoxy) is 2. The van der Waals surface area contributed by atoms with Crippen LogP contribution < -0.4 is 19.3 Å². The number of aromatic nitrogens is 1. The summed E-state index contributed by atoms with van der Waals surface area (Å²) in [6.07, 6.45) is 12.4. The Balaban J connectivity index is 0.943. The minimum Gasteiger partial charge on any atom is -0.453 e. The van der Waals surface area contributed by atoms with Gasteiger partial charge in [-0.15, -0.1) is 0 Å². The lowest BCUT2D eigenvalue weighted by Crippen LogP contribution is -2.25. The molecule has 0 unspecified atom stereocenters. The molecule has 10 rings (SSSR count). The maximum absolute atomic E-state index is 6.28. The molecule has 5 aromatic carbocycles. The summed E-state index contributed by atoms with van der Waals surface area (Å²) < 4.78 is 12.5. The molecular weight excluding hydrogens is 627 g/mol. The Morgan fingerprint density at radius 3 is 1.96 bits per heavy atom. The van der Waals surface area contributed by atoms with E-state index in [-0.39, 0.29) is 5.41 Å². The molecule has 246 valence electrons. The van der Waals surface area contributed by atoms with Crippen molar-refractivity contribution in [1.29, 1.82) is 0 Å². The molecule has 2 aliphatic heterocycles. The maximum Gasteiger partial charge on any atom is 0.151 e. The van der Waals surface area contributed by atoms with Gasteiger partial charge in [0, 0.05) is 11.1 Å². The lowest BCUT2D eigenvalue weighted by atomic mass is 9.81. The van der Waals surface area contributed by atoms with Crippen molar-refractivity contribution in [1.82, 2.24) is 4.98 Å². The fourth-order valence-electron chi connectivity index (χ4n) is 8.01. The van der Waals surface area contributed by atoms with E-state index in [2.05, 4.69) is 133 Å². The second-order valence-corrected chi connectivity index (χ2v) is 14.0. The van der Waals surface area contributed by atoms with Gasteiger partial charge in [-0.05, 0) is 113 Å². The van der Waals surface area contributed by atoms with E-state index in [1.807, 2.05) is 42.6 Å². The van der Waals surface area contributed by atoms with Crippen LogP contribution in [0.3, 0.4) is 0 Å². The predicted octanol–water partition coefficient (Wildman–Crippen LogP) is 12.2. The molecule has 0 bridgehead atoms. The Labute approximate surface area is 298 Å². The molecule has 0 saturated carbocycles. The SMILES string of the molecule is CC1(C)c2cc(/C=C/c3ccc(N4C5=C(C=CCC5)Oc5ccccc54)cn3)ccc2-c2ccc(N3c4ccccc4Oc4ccccc43)cc21. The van der Waals surface area contributed by atoms with E-state index in [4.69, 9.17) is 14.5 Å². The molecule has 4 aliphatic rings. The van der Waals surface area contributed by atoms with E-state index in [0.29, 0.717) is 0 Å². The minimum absolute atomic E-state index is 0.175. The summed E-state index contributed by atoms with van der Waals surface area (Å²) in [6.45, 7) is 4.67. The first-order valence-corrected chi connectivity index (χ1v) is 17.6. The van der Waals surface area contributed by atoms with Crippen molar-refractivity contribution < 1.29 is 9.47 Å². The minimum atomic E-state index is -0.175. The van der Waals surface area contributed by atoms with Crippen molar-refractivity contribution in [2.24, 2.45) is 0 Å². The van der Waals surface area contributed by atoms with Gasteiger partial charge in [0.2, 0.25) is 0 Å². The normalized spacial score (nSPS) is 16.0. The van der Waals surface area contributed by atoms with Crippen molar-refractivity contribution in [3.63, 3.8) is 0 Å². The van der Waals surface area contributed by atoms with Gasteiger partial charge in [-0.25, -0.2) is 0 Å². The Morgan fingerprint density at radius 2 is 1.25 bits per heavy atom. The molecule has 0 amide bonds. The highest BCUT2D eigenvalue weighted by Crippen LogP contribution is 2.54.